The van der Waals surface area contributed by atoms with Crippen LogP contribution >= 0.6 is 11.3 Å². The molecule has 2 heterocycles. The monoisotopic (exact) mass is 417 g/mol. The maximum Gasteiger partial charge on any atom is 0.338 e. The zero-order valence-corrected chi connectivity index (χ0v) is 17.1. The first-order valence-corrected chi connectivity index (χ1v) is 10.3. The van der Waals surface area contributed by atoms with E-state index in [0.717, 1.165) is 5.56 Å². The van der Waals surface area contributed by atoms with Crippen LogP contribution in [0.4, 0.5) is 5.69 Å². The summed E-state index contributed by atoms with van der Waals surface area (Å²) in [5, 5.41) is 0.565. The van der Waals surface area contributed by atoms with Crippen molar-refractivity contribution in [3.8, 4) is 0 Å². The Kier molecular flexibility index (Phi) is 5.81. The van der Waals surface area contributed by atoms with Crippen molar-refractivity contribution in [3.05, 3.63) is 99.2 Å². The smallest absolute Gasteiger partial charge is 0.338 e. The average molecular weight is 417 g/mol. The van der Waals surface area contributed by atoms with E-state index in [0.29, 0.717) is 39.4 Å². The summed E-state index contributed by atoms with van der Waals surface area (Å²) in [6, 6.07) is 20.1. The van der Waals surface area contributed by atoms with Gasteiger partial charge in [-0.1, -0.05) is 41.7 Å². The molecule has 2 aromatic heterocycles. The van der Waals surface area contributed by atoms with Crippen molar-refractivity contribution in [3.63, 3.8) is 0 Å². The van der Waals surface area contributed by atoms with E-state index in [4.69, 9.17) is 4.74 Å². The van der Waals surface area contributed by atoms with Crippen LogP contribution in [0.25, 0.3) is 10.2 Å². The lowest BCUT2D eigenvalue weighted by molar-refractivity contribution is 0.0526. The Bertz CT molecular complexity index is 1310. The van der Waals surface area contributed by atoms with Crippen LogP contribution in [0, 0.1) is 0 Å². The number of carbonyl (C=O) groups excluding carboxylic acids is 1. The largest absolute Gasteiger partial charge is 0.462 e. The molecule has 0 amide bonds. The molecule has 0 bridgehead atoms. The number of benzene rings is 2. The molecule has 0 saturated carbocycles. The summed E-state index contributed by atoms with van der Waals surface area (Å²) in [5.74, 6) is -0.372. The van der Waals surface area contributed by atoms with E-state index in [-0.39, 0.29) is 11.5 Å². The molecule has 4 rings (SSSR count). The fraction of sp³-hybridized carbons (Fsp3) is 0.130. The van der Waals surface area contributed by atoms with Crippen molar-refractivity contribution < 1.29 is 9.53 Å². The Morgan fingerprint density at radius 3 is 2.57 bits per heavy atom. The number of carbonyl (C=O) groups is 1. The minimum atomic E-state index is -0.372. The van der Waals surface area contributed by atoms with E-state index < -0.39 is 0 Å². The Balaban J connectivity index is 1.83. The highest BCUT2D eigenvalue weighted by Gasteiger charge is 2.09. The molecule has 0 spiro atoms. The molecule has 0 aliphatic carbocycles. The zero-order chi connectivity index (χ0) is 20.9. The third kappa shape index (κ3) is 4.21. The number of nitrogens with zero attached hydrogens (tertiary/aromatic N) is 3. The summed E-state index contributed by atoms with van der Waals surface area (Å²) in [7, 11) is 0. The predicted octanol–water partition coefficient (Wildman–Crippen LogP) is 3.92. The molecule has 0 fully saturated rings. The minimum absolute atomic E-state index is 0.136. The maximum absolute atomic E-state index is 13.2. The number of fused-ring (bicyclic) bond motifs is 1. The number of hydrogen-bond donors (Lipinski definition) is 0. The van der Waals surface area contributed by atoms with Gasteiger partial charge in [-0.15, -0.1) is 0 Å². The second kappa shape index (κ2) is 8.84. The van der Waals surface area contributed by atoms with Crippen molar-refractivity contribution in [2.75, 3.05) is 6.61 Å². The van der Waals surface area contributed by atoms with E-state index in [9.17, 15) is 9.59 Å². The van der Waals surface area contributed by atoms with Gasteiger partial charge in [0.1, 0.15) is 4.83 Å². The van der Waals surface area contributed by atoms with E-state index in [2.05, 4.69) is 9.98 Å². The van der Waals surface area contributed by atoms with E-state index >= 15 is 0 Å². The fourth-order valence-electron chi connectivity index (χ4n) is 2.99. The lowest BCUT2D eigenvalue weighted by Crippen LogP contribution is -2.32. The van der Waals surface area contributed by atoms with Crippen LogP contribution < -0.4 is 10.4 Å². The molecule has 0 atom stereocenters. The normalized spacial score (nSPS) is 11.6. The first kappa shape index (κ1) is 19.7. The van der Waals surface area contributed by atoms with Gasteiger partial charge < -0.3 is 4.74 Å². The number of rotatable bonds is 5. The molecule has 6 nitrogen and oxygen atoms in total. The van der Waals surface area contributed by atoms with Gasteiger partial charge in [-0.25, -0.2) is 14.8 Å². The molecule has 0 unspecified atom stereocenters. The van der Waals surface area contributed by atoms with Crippen molar-refractivity contribution in [2.24, 2.45) is 4.99 Å². The Morgan fingerprint density at radius 2 is 1.83 bits per heavy atom. The zero-order valence-electron chi connectivity index (χ0n) is 16.3. The molecule has 0 aliphatic heterocycles. The third-order valence-corrected chi connectivity index (χ3v) is 5.47. The summed E-state index contributed by atoms with van der Waals surface area (Å²) < 4.78 is 6.67. The van der Waals surface area contributed by atoms with Crippen LogP contribution in [0.5, 0.6) is 0 Å². The number of hydrogen-bond acceptors (Lipinski definition) is 6. The number of ether oxygens (including phenoxy) is 1. The average Bonchev–Trinajstić information content (AvgIpc) is 2.78. The summed E-state index contributed by atoms with van der Waals surface area (Å²) >= 11 is 1.35. The van der Waals surface area contributed by atoms with Crippen LogP contribution in [-0.4, -0.2) is 22.1 Å². The molecule has 150 valence electrons. The molecule has 0 radical (unpaired) electrons. The summed E-state index contributed by atoms with van der Waals surface area (Å²) in [6.45, 7) is 2.49. The highest BCUT2D eigenvalue weighted by Crippen LogP contribution is 2.15. The van der Waals surface area contributed by atoms with Crippen LogP contribution in [0.2, 0.25) is 0 Å². The van der Waals surface area contributed by atoms with Gasteiger partial charge in [0.15, 0.2) is 4.80 Å². The van der Waals surface area contributed by atoms with Crippen LogP contribution in [0.3, 0.4) is 0 Å². The van der Waals surface area contributed by atoms with Gasteiger partial charge in [-0.3, -0.25) is 9.36 Å². The van der Waals surface area contributed by atoms with Gasteiger partial charge in [-0.2, -0.15) is 0 Å². The first-order chi connectivity index (χ1) is 14.7. The van der Waals surface area contributed by atoms with Gasteiger partial charge in [0.25, 0.3) is 5.56 Å². The molecule has 7 heteroatoms. The van der Waals surface area contributed by atoms with Crippen molar-refractivity contribution >= 4 is 33.2 Å². The number of esters is 1. The van der Waals surface area contributed by atoms with Gasteiger partial charge in [-0.05, 0) is 48.9 Å². The van der Waals surface area contributed by atoms with E-state index in [1.54, 1.807) is 54.1 Å². The van der Waals surface area contributed by atoms with Gasteiger partial charge in [0.2, 0.25) is 0 Å². The van der Waals surface area contributed by atoms with Crippen molar-refractivity contribution in [1.82, 2.24) is 9.55 Å². The molecule has 4 aromatic rings. The molecule has 0 aliphatic rings. The molecule has 0 saturated heterocycles. The maximum atomic E-state index is 13.2. The highest BCUT2D eigenvalue weighted by molar-refractivity contribution is 7.15. The van der Waals surface area contributed by atoms with Crippen LogP contribution in [0.1, 0.15) is 22.8 Å². The van der Waals surface area contributed by atoms with Gasteiger partial charge in [0.05, 0.1) is 29.8 Å². The highest BCUT2D eigenvalue weighted by atomic mass is 32.1. The van der Waals surface area contributed by atoms with Crippen LogP contribution in [-0.2, 0) is 11.3 Å². The summed E-state index contributed by atoms with van der Waals surface area (Å²) in [5.41, 5.74) is 1.96. The van der Waals surface area contributed by atoms with Crippen molar-refractivity contribution in [2.45, 2.75) is 13.5 Å². The predicted molar refractivity (Wildman–Crippen MR) is 117 cm³/mol. The standard InChI is InChI=1S/C23H19N3O3S/c1-2-29-22(28)17-10-12-18(13-11-17)25-23-26(15-16-7-4-3-5-8-16)21(27)19-9-6-14-24-20(19)30-23/h3-14H,2,15H2,1H3. The molecule has 2 aromatic carbocycles. The first-order valence-electron chi connectivity index (χ1n) is 9.50. The van der Waals surface area contributed by atoms with Gasteiger partial charge in [0, 0.05) is 6.20 Å². The summed E-state index contributed by atoms with van der Waals surface area (Å²) in [4.78, 5) is 35.2. The molecular weight excluding hydrogens is 398 g/mol. The lowest BCUT2D eigenvalue weighted by atomic mass is 10.2. The van der Waals surface area contributed by atoms with Crippen molar-refractivity contribution in [1.29, 1.82) is 0 Å². The molecule has 30 heavy (non-hydrogen) atoms. The second-order valence-electron chi connectivity index (χ2n) is 6.50. The topological polar surface area (TPSA) is 73.6 Å². The Hall–Kier alpha value is -3.58. The van der Waals surface area contributed by atoms with Gasteiger partial charge >= 0.3 is 5.97 Å². The Labute approximate surface area is 176 Å². The van der Waals surface area contributed by atoms with E-state index in [1.165, 1.54) is 11.3 Å². The second-order valence-corrected chi connectivity index (χ2v) is 7.45. The van der Waals surface area contributed by atoms with Crippen LogP contribution in [0.15, 0.2) is 82.7 Å². The fourth-order valence-corrected chi connectivity index (χ4v) is 3.95. The quantitative estimate of drug-likeness (QED) is 0.462. The molecule has 0 N–H and O–H groups in total. The third-order valence-electron chi connectivity index (χ3n) is 4.45. The molecular formula is C23H19N3O3S. The number of pyridine rings is 1. The lowest BCUT2D eigenvalue weighted by Gasteiger charge is -2.08. The SMILES string of the molecule is CCOC(=O)c1ccc(N=c2sc3ncccc3c(=O)n2Cc2ccccc2)cc1. The number of aromatic nitrogens is 2. The van der Waals surface area contributed by atoms with E-state index in [1.807, 2.05) is 30.3 Å². The minimum Gasteiger partial charge on any atom is -0.462 e. The summed E-state index contributed by atoms with van der Waals surface area (Å²) in [6.07, 6.45) is 1.66. The Morgan fingerprint density at radius 1 is 1.07 bits per heavy atom.